The molecule has 0 unspecified atom stereocenters. The van der Waals surface area contributed by atoms with E-state index < -0.39 is 10.0 Å². The Labute approximate surface area is 199 Å². The van der Waals surface area contributed by atoms with Gasteiger partial charge in [-0.1, -0.05) is 35.0 Å². The van der Waals surface area contributed by atoms with Gasteiger partial charge in [0.15, 0.2) is 0 Å². The lowest BCUT2D eigenvalue weighted by molar-refractivity contribution is -0.113. The second-order valence-corrected chi connectivity index (χ2v) is 10.7. The third-order valence-electron chi connectivity index (χ3n) is 4.74. The Bertz CT molecular complexity index is 1230. The van der Waals surface area contributed by atoms with E-state index in [4.69, 9.17) is 27.6 Å². The van der Waals surface area contributed by atoms with Crippen LogP contribution in [0, 0.1) is 0 Å². The minimum atomic E-state index is -3.48. The van der Waals surface area contributed by atoms with E-state index in [1.807, 2.05) is 0 Å². The lowest BCUT2D eigenvalue weighted by atomic mass is 10.2. The summed E-state index contributed by atoms with van der Waals surface area (Å²) in [5.41, 5.74) is 1.12. The first-order valence-electron chi connectivity index (χ1n) is 9.65. The number of carbonyl (C=O) groups is 1. The van der Waals surface area contributed by atoms with E-state index in [1.54, 1.807) is 30.3 Å². The smallest absolute Gasteiger partial charge is 0.277 e. The molecule has 1 aromatic heterocycles. The van der Waals surface area contributed by atoms with Crippen molar-refractivity contribution in [1.82, 2.24) is 14.5 Å². The fraction of sp³-hybridized carbons (Fsp3) is 0.250. The molecule has 1 saturated heterocycles. The predicted octanol–water partition coefficient (Wildman–Crippen LogP) is 4.56. The van der Waals surface area contributed by atoms with E-state index in [0.29, 0.717) is 34.4 Å². The maximum Gasteiger partial charge on any atom is 0.277 e. The van der Waals surface area contributed by atoms with Gasteiger partial charge in [-0.3, -0.25) is 4.79 Å². The predicted molar refractivity (Wildman–Crippen MR) is 124 cm³/mol. The topological polar surface area (TPSA) is 105 Å². The van der Waals surface area contributed by atoms with Crippen LogP contribution in [-0.2, 0) is 14.8 Å². The van der Waals surface area contributed by atoms with Gasteiger partial charge in [-0.15, -0.1) is 10.2 Å². The van der Waals surface area contributed by atoms with E-state index in [0.717, 1.165) is 24.6 Å². The second-order valence-electron chi connectivity index (χ2n) is 6.97. The number of sulfonamides is 1. The fourth-order valence-corrected chi connectivity index (χ4v) is 5.51. The van der Waals surface area contributed by atoms with E-state index in [1.165, 1.54) is 16.4 Å². The molecule has 1 fully saturated rings. The fourth-order valence-electron chi connectivity index (χ4n) is 3.13. The van der Waals surface area contributed by atoms with Crippen molar-refractivity contribution in [3.05, 3.63) is 52.5 Å². The highest BCUT2D eigenvalue weighted by Crippen LogP contribution is 2.27. The number of nitrogens with zero attached hydrogens (tertiary/aromatic N) is 3. The summed E-state index contributed by atoms with van der Waals surface area (Å²) in [7, 11) is -3.48. The van der Waals surface area contributed by atoms with Crippen LogP contribution in [0.25, 0.3) is 11.5 Å². The van der Waals surface area contributed by atoms with Crippen LogP contribution in [0.4, 0.5) is 5.69 Å². The highest BCUT2D eigenvalue weighted by Gasteiger charge is 2.27. The van der Waals surface area contributed by atoms with Gasteiger partial charge in [0.25, 0.3) is 5.22 Å². The van der Waals surface area contributed by atoms with Gasteiger partial charge in [-0.25, -0.2) is 8.42 Å². The number of nitrogens with one attached hydrogen (secondary N) is 1. The van der Waals surface area contributed by atoms with Crippen LogP contribution in [0.15, 0.2) is 57.0 Å². The lowest BCUT2D eigenvalue weighted by Gasteiger charge is -2.15. The first kappa shape index (κ1) is 23.1. The lowest BCUT2D eigenvalue weighted by Crippen LogP contribution is -2.27. The Balaban J connectivity index is 1.36. The van der Waals surface area contributed by atoms with Gasteiger partial charge in [0.2, 0.25) is 21.8 Å². The summed E-state index contributed by atoms with van der Waals surface area (Å²) in [5.74, 6) is 0.0154. The van der Waals surface area contributed by atoms with Crippen LogP contribution < -0.4 is 5.32 Å². The maximum absolute atomic E-state index is 12.6. The molecule has 1 amide bonds. The molecule has 12 heteroatoms. The third-order valence-corrected chi connectivity index (χ3v) is 8.21. The van der Waals surface area contributed by atoms with Crippen LogP contribution in [-0.4, -0.2) is 47.7 Å². The van der Waals surface area contributed by atoms with Gasteiger partial charge in [0, 0.05) is 24.3 Å². The van der Waals surface area contributed by atoms with Crippen LogP contribution in [0.1, 0.15) is 12.8 Å². The molecule has 0 bridgehead atoms. The van der Waals surface area contributed by atoms with Gasteiger partial charge in [0.1, 0.15) is 0 Å². The minimum absolute atomic E-state index is 0.0505. The molecule has 0 saturated carbocycles. The Morgan fingerprint density at radius 2 is 1.78 bits per heavy atom. The highest BCUT2D eigenvalue weighted by molar-refractivity contribution is 7.99. The maximum atomic E-state index is 12.6. The first-order valence-corrected chi connectivity index (χ1v) is 12.8. The number of benzene rings is 2. The van der Waals surface area contributed by atoms with Crippen molar-refractivity contribution in [2.75, 3.05) is 24.2 Å². The molecule has 0 radical (unpaired) electrons. The molecule has 8 nitrogen and oxygen atoms in total. The average molecular weight is 513 g/mol. The SMILES string of the molecule is O=C(CSc1nnc(-c2ccc(S(=O)(=O)N3CCCC3)cc2)o1)Nc1ccc(Cl)c(Cl)c1. The number of hydrogen-bond donors (Lipinski definition) is 1. The summed E-state index contributed by atoms with van der Waals surface area (Å²) >= 11 is 12.9. The van der Waals surface area contributed by atoms with Gasteiger partial charge in [-0.05, 0) is 55.3 Å². The molecule has 4 rings (SSSR count). The van der Waals surface area contributed by atoms with Crippen molar-refractivity contribution in [2.45, 2.75) is 23.0 Å². The second kappa shape index (κ2) is 9.80. The molecule has 2 heterocycles. The van der Waals surface area contributed by atoms with Crippen molar-refractivity contribution in [3.8, 4) is 11.5 Å². The van der Waals surface area contributed by atoms with E-state index in [9.17, 15) is 13.2 Å². The zero-order chi connectivity index (χ0) is 22.7. The standard InChI is InChI=1S/C20H18Cl2N4O4S2/c21-16-8-5-14(11-17(16)22)23-18(27)12-31-20-25-24-19(30-20)13-3-6-15(7-4-13)32(28,29)26-9-1-2-10-26/h3-8,11H,1-2,9-10,12H2,(H,23,27). The molecule has 1 aliphatic heterocycles. The molecule has 168 valence electrons. The van der Waals surface area contributed by atoms with Gasteiger partial charge in [0.05, 0.1) is 20.7 Å². The van der Waals surface area contributed by atoms with Crippen molar-refractivity contribution < 1.29 is 17.6 Å². The Morgan fingerprint density at radius 1 is 1.06 bits per heavy atom. The van der Waals surface area contributed by atoms with Crippen molar-refractivity contribution >= 4 is 56.6 Å². The quantitative estimate of drug-likeness (QED) is 0.462. The Morgan fingerprint density at radius 3 is 2.47 bits per heavy atom. The monoisotopic (exact) mass is 512 g/mol. The summed E-state index contributed by atoms with van der Waals surface area (Å²) in [6.07, 6.45) is 1.76. The zero-order valence-electron chi connectivity index (χ0n) is 16.6. The summed E-state index contributed by atoms with van der Waals surface area (Å²) in [5, 5.41) is 11.6. The number of amides is 1. The molecule has 1 aliphatic rings. The van der Waals surface area contributed by atoms with Gasteiger partial charge >= 0.3 is 0 Å². The molecule has 32 heavy (non-hydrogen) atoms. The van der Waals surface area contributed by atoms with Crippen LogP contribution >= 0.6 is 35.0 Å². The molecule has 0 aliphatic carbocycles. The van der Waals surface area contributed by atoms with E-state index in [-0.39, 0.29) is 27.7 Å². The van der Waals surface area contributed by atoms with Crippen molar-refractivity contribution in [2.24, 2.45) is 0 Å². The summed E-state index contributed by atoms with van der Waals surface area (Å²) in [6, 6.07) is 11.1. The third kappa shape index (κ3) is 5.26. The number of aromatic nitrogens is 2. The van der Waals surface area contributed by atoms with Crippen molar-refractivity contribution in [1.29, 1.82) is 0 Å². The number of thioether (sulfide) groups is 1. The summed E-state index contributed by atoms with van der Waals surface area (Å²) in [4.78, 5) is 12.4. The Kier molecular flexibility index (Phi) is 7.06. The minimum Gasteiger partial charge on any atom is -0.411 e. The van der Waals surface area contributed by atoms with Gasteiger partial charge in [-0.2, -0.15) is 4.31 Å². The van der Waals surface area contributed by atoms with E-state index in [2.05, 4.69) is 15.5 Å². The van der Waals surface area contributed by atoms with Gasteiger partial charge < -0.3 is 9.73 Å². The van der Waals surface area contributed by atoms with Crippen molar-refractivity contribution in [3.63, 3.8) is 0 Å². The molecule has 2 aromatic carbocycles. The van der Waals surface area contributed by atoms with Crippen LogP contribution in [0.2, 0.25) is 10.0 Å². The van der Waals surface area contributed by atoms with Crippen LogP contribution in [0.5, 0.6) is 0 Å². The summed E-state index contributed by atoms with van der Waals surface area (Å²) in [6.45, 7) is 1.10. The zero-order valence-corrected chi connectivity index (χ0v) is 19.8. The molecule has 0 spiro atoms. The number of hydrogen-bond acceptors (Lipinski definition) is 7. The molecular weight excluding hydrogens is 495 g/mol. The highest BCUT2D eigenvalue weighted by atomic mass is 35.5. The largest absolute Gasteiger partial charge is 0.411 e. The number of anilines is 1. The average Bonchev–Trinajstić information content (AvgIpc) is 3.48. The molecular formula is C20H18Cl2N4O4S2. The molecule has 0 atom stereocenters. The summed E-state index contributed by atoms with van der Waals surface area (Å²) < 4.78 is 32.3. The number of halogens is 2. The Hall–Kier alpha value is -2.11. The molecule has 3 aromatic rings. The van der Waals surface area contributed by atoms with E-state index >= 15 is 0 Å². The van der Waals surface area contributed by atoms with Crippen LogP contribution in [0.3, 0.4) is 0 Å². The first-order chi connectivity index (χ1) is 15.3. The normalized spacial score (nSPS) is 14.6. The number of carbonyl (C=O) groups excluding carboxylic acids is 1. The molecule has 1 N–H and O–H groups in total. The number of rotatable bonds is 7.